The van der Waals surface area contributed by atoms with Crippen molar-refractivity contribution in [1.82, 2.24) is 9.97 Å². The third kappa shape index (κ3) is 4.77. The summed E-state index contributed by atoms with van der Waals surface area (Å²) in [6.07, 6.45) is 0. The minimum Gasteiger partial charge on any atom is -0.382 e. The Kier molecular flexibility index (Phi) is 5.96. The molecule has 2 heterocycles. The highest BCUT2D eigenvalue weighted by molar-refractivity contribution is 7.98. The van der Waals surface area contributed by atoms with Gasteiger partial charge in [0.05, 0.1) is 10.0 Å². The highest BCUT2D eigenvalue weighted by Crippen LogP contribution is 2.31. The molecule has 3 N–H and O–H groups in total. The number of carbonyl (C=O) groups excluding carboxylic acids is 1. The molecule has 1 aromatic carbocycles. The van der Waals surface area contributed by atoms with Crippen LogP contribution >= 0.6 is 34.7 Å². The van der Waals surface area contributed by atoms with Crippen molar-refractivity contribution in [3.05, 3.63) is 51.2 Å². The Morgan fingerprint density at radius 1 is 1.30 bits per heavy atom. The van der Waals surface area contributed by atoms with Crippen LogP contribution in [-0.4, -0.2) is 15.9 Å². The van der Waals surface area contributed by atoms with E-state index in [1.54, 1.807) is 24.3 Å². The number of halogens is 1. The standard InChI is InChI=1S/C18H14ClN5OS2/c1-10(25)22-12-4-2-11(3-5-12)16-14(8-20)17(21)24-18(23-16)26-9-13-6-7-15(19)27-13/h2-7H,9H2,1H3,(H,22,25)(H2,21,23,24). The molecule has 0 saturated heterocycles. The number of aromatic nitrogens is 2. The Labute approximate surface area is 169 Å². The molecule has 0 fully saturated rings. The summed E-state index contributed by atoms with van der Waals surface area (Å²) in [5.41, 5.74) is 8.05. The fourth-order valence-electron chi connectivity index (χ4n) is 2.32. The highest BCUT2D eigenvalue weighted by atomic mass is 35.5. The largest absolute Gasteiger partial charge is 0.382 e. The van der Waals surface area contributed by atoms with Crippen molar-refractivity contribution in [2.75, 3.05) is 11.1 Å². The monoisotopic (exact) mass is 415 g/mol. The number of nitrogen functional groups attached to an aromatic ring is 1. The fraction of sp³-hybridized carbons (Fsp3) is 0.111. The van der Waals surface area contributed by atoms with Gasteiger partial charge in [-0.3, -0.25) is 4.79 Å². The zero-order valence-corrected chi connectivity index (χ0v) is 16.6. The van der Waals surface area contributed by atoms with Crippen molar-refractivity contribution in [1.29, 1.82) is 5.26 Å². The molecule has 0 aliphatic carbocycles. The van der Waals surface area contributed by atoms with E-state index in [4.69, 9.17) is 17.3 Å². The Bertz CT molecular complexity index is 1030. The van der Waals surface area contributed by atoms with Gasteiger partial charge in [-0.15, -0.1) is 11.3 Å². The van der Waals surface area contributed by atoms with Crippen LogP contribution < -0.4 is 11.1 Å². The van der Waals surface area contributed by atoms with Crippen molar-refractivity contribution in [2.24, 2.45) is 0 Å². The highest BCUT2D eigenvalue weighted by Gasteiger charge is 2.15. The van der Waals surface area contributed by atoms with Crippen LogP contribution in [-0.2, 0) is 10.5 Å². The van der Waals surface area contributed by atoms with Gasteiger partial charge in [0.1, 0.15) is 17.5 Å². The lowest BCUT2D eigenvalue weighted by Gasteiger charge is -2.09. The first kappa shape index (κ1) is 19.2. The molecule has 136 valence electrons. The first-order valence-electron chi connectivity index (χ1n) is 7.79. The molecular formula is C18H14ClN5OS2. The molecule has 0 radical (unpaired) electrons. The van der Waals surface area contributed by atoms with E-state index in [9.17, 15) is 10.1 Å². The van der Waals surface area contributed by atoms with Crippen molar-refractivity contribution < 1.29 is 4.79 Å². The second kappa shape index (κ2) is 8.39. The Hall–Kier alpha value is -2.60. The summed E-state index contributed by atoms with van der Waals surface area (Å²) in [5.74, 6) is 0.642. The third-order valence-electron chi connectivity index (χ3n) is 3.48. The Balaban J connectivity index is 1.90. The number of amides is 1. The second-order valence-corrected chi connectivity index (χ2v) is 8.22. The van der Waals surface area contributed by atoms with Gasteiger partial charge >= 0.3 is 0 Å². The number of carbonyl (C=O) groups is 1. The van der Waals surface area contributed by atoms with E-state index in [0.29, 0.717) is 22.3 Å². The molecule has 2 aromatic heterocycles. The van der Waals surface area contributed by atoms with Crippen molar-refractivity contribution in [3.63, 3.8) is 0 Å². The van der Waals surface area contributed by atoms with Gasteiger partial charge in [0.25, 0.3) is 0 Å². The van der Waals surface area contributed by atoms with Gasteiger partial charge in [-0.1, -0.05) is 35.5 Å². The van der Waals surface area contributed by atoms with Gasteiger partial charge in [-0.25, -0.2) is 9.97 Å². The zero-order chi connectivity index (χ0) is 19.4. The van der Waals surface area contributed by atoms with Crippen LogP contribution in [0.2, 0.25) is 4.34 Å². The van der Waals surface area contributed by atoms with Crippen LogP contribution in [0.5, 0.6) is 0 Å². The predicted octanol–water partition coefficient (Wildman–Crippen LogP) is 4.56. The maximum Gasteiger partial charge on any atom is 0.221 e. The molecule has 27 heavy (non-hydrogen) atoms. The van der Waals surface area contributed by atoms with E-state index < -0.39 is 0 Å². The Morgan fingerprint density at radius 3 is 2.63 bits per heavy atom. The smallest absolute Gasteiger partial charge is 0.221 e. The normalized spacial score (nSPS) is 10.4. The average molecular weight is 416 g/mol. The van der Waals surface area contributed by atoms with Gasteiger partial charge in [0.2, 0.25) is 5.91 Å². The SMILES string of the molecule is CC(=O)Nc1ccc(-c2nc(SCc3ccc(Cl)s3)nc(N)c2C#N)cc1. The van der Waals surface area contributed by atoms with E-state index >= 15 is 0 Å². The number of rotatable bonds is 5. The summed E-state index contributed by atoms with van der Waals surface area (Å²) >= 11 is 8.87. The lowest BCUT2D eigenvalue weighted by Crippen LogP contribution is -2.05. The molecule has 1 amide bonds. The lowest BCUT2D eigenvalue weighted by atomic mass is 10.1. The van der Waals surface area contributed by atoms with Gasteiger partial charge in [0.15, 0.2) is 5.16 Å². The molecule has 0 bridgehead atoms. The number of hydrogen-bond acceptors (Lipinski definition) is 7. The molecule has 3 aromatic rings. The number of thiophene rings is 1. The zero-order valence-electron chi connectivity index (χ0n) is 14.2. The van der Waals surface area contributed by atoms with Crippen molar-refractivity contribution in [2.45, 2.75) is 17.8 Å². The summed E-state index contributed by atoms with van der Waals surface area (Å²) < 4.78 is 0.728. The number of benzene rings is 1. The van der Waals surface area contributed by atoms with Gasteiger partial charge in [-0.05, 0) is 24.3 Å². The summed E-state index contributed by atoms with van der Waals surface area (Å²) in [7, 11) is 0. The molecular weight excluding hydrogens is 402 g/mol. The molecule has 0 atom stereocenters. The Morgan fingerprint density at radius 2 is 2.04 bits per heavy atom. The summed E-state index contributed by atoms with van der Waals surface area (Å²) in [4.78, 5) is 21.0. The minimum absolute atomic E-state index is 0.139. The van der Waals surface area contributed by atoms with Crippen LogP contribution in [0.15, 0.2) is 41.6 Å². The average Bonchev–Trinajstić information content (AvgIpc) is 3.05. The molecule has 0 aliphatic heterocycles. The van der Waals surface area contributed by atoms with Crippen LogP contribution in [0, 0.1) is 11.3 Å². The first-order valence-corrected chi connectivity index (χ1v) is 9.97. The van der Waals surface area contributed by atoms with Crippen molar-refractivity contribution >= 4 is 52.1 Å². The van der Waals surface area contributed by atoms with Crippen LogP contribution in [0.1, 0.15) is 17.4 Å². The number of nitrogens with two attached hydrogens (primary N) is 1. The van der Waals surface area contributed by atoms with Gasteiger partial charge in [-0.2, -0.15) is 5.26 Å². The van der Waals surface area contributed by atoms with Crippen molar-refractivity contribution in [3.8, 4) is 17.3 Å². The van der Waals surface area contributed by atoms with Crippen LogP contribution in [0.25, 0.3) is 11.3 Å². The molecule has 0 saturated carbocycles. The van der Waals surface area contributed by atoms with Crippen LogP contribution in [0.4, 0.5) is 11.5 Å². The lowest BCUT2D eigenvalue weighted by molar-refractivity contribution is -0.114. The van der Waals surface area contributed by atoms with E-state index in [0.717, 1.165) is 14.8 Å². The number of hydrogen-bond donors (Lipinski definition) is 2. The summed E-state index contributed by atoms with van der Waals surface area (Å²) in [6.45, 7) is 1.44. The van der Waals surface area contributed by atoms with Gasteiger partial charge < -0.3 is 11.1 Å². The molecule has 0 aliphatic rings. The fourth-order valence-corrected chi connectivity index (χ4v) is 4.30. The summed E-state index contributed by atoms with van der Waals surface area (Å²) in [5, 5.41) is 12.6. The van der Waals surface area contributed by atoms with Crippen LogP contribution in [0.3, 0.4) is 0 Å². The topological polar surface area (TPSA) is 105 Å². The number of nitriles is 1. The van der Waals surface area contributed by atoms with E-state index in [2.05, 4.69) is 21.4 Å². The second-order valence-electron chi connectivity index (χ2n) is 5.48. The molecule has 6 nitrogen and oxygen atoms in total. The number of anilines is 2. The maximum absolute atomic E-state index is 11.1. The molecule has 3 rings (SSSR count). The number of nitrogens with one attached hydrogen (secondary N) is 1. The number of nitrogens with zero attached hydrogens (tertiary/aromatic N) is 3. The first-order chi connectivity index (χ1) is 13.0. The van der Waals surface area contributed by atoms with E-state index in [1.165, 1.54) is 30.0 Å². The molecule has 0 spiro atoms. The van der Waals surface area contributed by atoms with Gasteiger partial charge in [0, 0.05) is 28.8 Å². The molecule has 0 unspecified atom stereocenters. The summed E-state index contributed by atoms with van der Waals surface area (Å²) in [6, 6.07) is 12.9. The predicted molar refractivity (Wildman–Crippen MR) is 110 cm³/mol. The maximum atomic E-state index is 11.1. The minimum atomic E-state index is -0.154. The van der Waals surface area contributed by atoms with E-state index in [-0.39, 0.29) is 17.3 Å². The third-order valence-corrected chi connectivity index (χ3v) is 5.79. The quantitative estimate of drug-likeness (QED) is 0.467. The molecule has 9 heteroatoms. The number of thioether (sulfide) groups is 1. The van der Waals surface area contributed by atoms with E-state index in [1.807, 2.05) is 12.1 Å².